The van der Waals surface area contributed by atoms with Crippen LogP contribution in [0.15, 0.2) is 75.9 Å². The van der Waals surface area contributed by atoms with Crippen LogP contribution in [-0.2, 0) is 0 Å². The molecule has 21 heavy (non-hydrogen) atoms. The highest BCUT2D eigenvalue weighted by Crippen LogP contribution is 2.49. The summed E-state index contributed by atoms with van der Waals surface area (Å²) in [7, 11) is 0. The van der Waals surface area contributed by atoms with Gasteiger partial charge >= 0.3 is 0 Å². The van der Waals surface area contributed by atoms with Crippen molar-refractivity contribution in [3.05, 3.63) is 75.9 Å². The third-order valence-corrected chi connectivity index (χ3v) is 4.48. The molecule has 0 atom stereocenters. The van der Waals surface area contributed by atoms with E-state index in [1.54, 1.807) is 0 Å². The minimum atomic E-state index is 0.119. The van der Waals surface area contributed by atoms with Crippen LogP contribution in [0.3, 0.4) is 0 Å². The molecule has 0 aliphatic carbocycles. The van der Waals surface area contributed by atoms with Crippen LogP contribution in [0.25, 0.3) is 0 Å². The standard InChI is InChI=1S/C21H32/c1-7-13-19(14-8-2)21(17-11-5,18-12-6)20(15-9-3)16-10-4/h7-12,19-20H,1-6,13-18H2. The lowest BCUT2D eigenvalue weighted by atomic mass is 9.59. The molecular formula is C21H32. The summed E-state index contributed by atoms with van der Waals surface area (Å²) in [6.45, 7) is 23.8. The van der Waals surface area contributed by atoms with E-state index in [-0.39, 0.29) is 5.41 Å². The van der Waals surface area contributed by atoms with Gasteiger partial charge in [-0.25, -0.2) is 0 Å². The van der Waals surface area contributed by atoms with Crippen molar-refractivity contribution in [3.63, 3.8) is 0 Å². The fraction of sp³-hybridized carbons (Fsp3) is 0.429. The fourth-order valence-electron chi connectivity index (χ4n) is 3.56. The number of allylic oxidation sites excluding steroid dienone is 6. The van der Waals surface area contributed by atoms with Gasteiger partial charge in [-0.3, -0.25) is 0 Å². The average Bonchev–Trinajstić information content (AvgIpc) is 2.46. The van der Waals surface area contributed by atoms with Crippen molar-refractivity contribution in [2.24, 2.45) is 17.3 Å². The van der Waals surface area contributed by atoms with E-state index in [0.29, 0.717) is 11.8 Å². The van der Waals surface area contributed by atoms with Gasteiger partial charge in [-0.2, -0.15) is 0 Å². The molecular weight excluding hydrogens is 252 g/mol. The molecule has 0 amide bonds. The zero-order chi connectivity index (χ0) is 16.1. The van der Waals surface area contributed by atoms with Gasteiger partial charge in [0.25, 0.3) is 0 Å². The molecule has 0 aliphatic heterocycles. The van der Waals surface area contributed by atoms with Crippen molar-refractivity contribution in [1.82, 2.24) is 0 Å². The van der Waals surface area contributed by atoms with E-state index in [1.807, 2.05) is 36.5 Å². The summed E-state index contributed by atoms with van der Waals surface area (Å²) in [5.41, 5.74) is 0.119. The minimum Gasteiger partial charge on any atom is -0.103 e. The molecule has 0 unspecified atom stereocenters. The van der Waals surface area contributed by atoms with Gasteiger partial charge in [-0.1, -0.05) is 36.5 Å². The maximum atomic E-state index is 4.00. The molecule has 0 saturated carbocycles. The topological polar surface area (TPSA) is 0 Å². The molecule has 0 N–H and O–H groups in total. The molecule has 0 fully saturated rings. The number of rotatable bonds is 14. The fourth-order valence-corrected chi connectivity index (χ4v) is 3.56. The Labute approximate surface area is 132 Å². The second kappa shape index (κ2) is 11.1. The molecule has 116 valence electrons. The third kappa shape index (κ3) is 5.38. The van der Waals surface area contributed by atoms with Crippen LogP contribution >= 0.6 is 0 Å². The van der Waals surface area contributed by atoms with Gasteiger partial charge in [0.2, 0.25) is 0 Å². The van der Waals surface area contributed by atoms with Crippen molar-refractivity contribution >= 4 is 0 Å². The predicted octanol–water partition coefficient (Wildman–Crippen LogP) is 6.66. The summed E-state index contributed by atoms with van der Waals surface area (Å²) >= 11 is 0. The Morgan fingerprint density at radius 3 is 1.00 bits per heavy atom. The van der Waals surface area contributed by atoms with Gasteiger partial charge in [-0.05, 0) is 55.8 Å². The molecule has 0 bridgehead atoms. The van der Waals surface area contributed by atoms with Crippen LogP contribution < -0.4 is 0 Å². The van der Waals surface area contributed by atoms with Gasteiger partial charge in [0.05, 0.1) is 0 Å². The average molecular weight is 284 g/mol. The molecule has 0 heteroatoms. The molecule has 0 aliphatic rings. The smallest absolute Gasteiger partial charge is 0.0160 e. The van der Waals surface area contributed by atoms with E-state index in [2.05, 4.69) is 39.5 Å². The highest BCUT2D eigenvalue weighted by Gasteiger charge is 2.41. The first-order valence-electron chi connectivity index (χ1n) is 7.82. The SMILES string of the molecule is C=CCC(CC=C)C(CC=C)(CC=C)C(CC=C)CC=C. The van der Waals surface area contributed by atoms with E-state index in [0.717, 1.165) is 38.5 Å². The maximum Gasteiger partial charge on any atom is -0.0160 e. The number of hydrogen-bond donors (Lipinski definition) is 0. The lowest BCUT2D eigenvalue weighted by Gasteiger charge is -2.45. The first kappa shape index (κ1) is 19.4. The Bertz CT molecular complexity index is 302. The van der Waals surface area contributed by atoms with Crippen molar-refractivity contribution in [2.45, 2.75) is 38.5 Å². The molecule has 0 aromatic carbocycles. The van der Waals surface area contributed by atoms with Crippen LogP contribution in [-0.4, -0.2) is 0 Å². The van der Waals surface area contributed by atoms with E-state index >= 15 is 0 Å². The van der Waals surface area contributed by atoms with E-state index < -0.39 is 0 Å². The molecule has 0 nitrogen and oxygen atoms in total. The van der Waals surface area contributed by atoms with Crippen LogP contribution in [0.1, 0.15) is 38.5 Å². The van der Waals surface area contributed by atoms with Gasteiger partial charge in [-0.15, -0.1) is 39.5 Å². The normalized spacial score (nSPS) is 11.1. The van der Waals surface area contributed by atoms with Gasteiger partial charge in [0.15, 0.2) is 0 Å². The minimum absolute atomic E-state index is 0.119. The van der Waals surface area contributed by atoms with Crippen molar-refractivity contribution in [2.75, 3.05) is 0 Å². The second-order valence-corrected chi connectivity index (χ2v) is 5.71. The second-order valence-electron chi connectivity index (χ2n) is 5.71. The van der Waals surface area contributed by atoms with E-state index in [1.165, 1.54) is 0 Å². The largest absolute Gasteiger partial charge is 0.103 e. The van der Waals surface area contributed by atoms with E-state index in [4.69, 9.17) is 0 Å². The molecule has 0 heterocycles. The third-order valence-electron chi connectivity index (χ3n) is 4.48. The molecule has 0 saturated heterocycles. The van der Waals surface area contributed by atoms with Crippen LogP contribution in [0.4, 0.5) is 0 Å². The zero-order valence-electron chi connectivity index (χ0n) is 13.6. The van der Waals surface area contributed by atoms with Gasteiger partial charge in [0, 0.05) is 0 Å². The number of hydrogen-bond acceptors (Lipinski definition) is 0. The van der Waals surface area contributed by atoms with Gasteiger partial charge < -0.3 is 0 Å². The molecule has 0 aromatic rings. The Hall–Kier alpha value is -1.56. The lowest BCUT2D eigenvalue weighted by Crippen LogP contribution is -2.37. The summed E-state index contributed by atoms with van der Waals surface area (Å²) in [5.74, 6) is 0.988. The highest BCUT2D eigenvalue weighted by molar-refractivity contribution is 5.05. The van der Waals surface area contributed by atoms with Crippen molar-refractivity contribution in [1.29, 1.82) is 0 Å². The summed E-state index contributed by atoms with van der Waals surface area (Å²) < 4.78 is 0. The quantitative estimate of drug-likeness (QED) is 0.313. The monoisotopic (exact) mass is 284 g/mol. The predicted molar refractivity (Wildman–Crippen MR) is 98.3 cm³/mol. The van der Waals surface area contributed by atoms with Crippen LogP contribution in [0.2, 0.25) is 0 Å². The highest BCUT2D eigenvalue weighted by atomic mass is 14.4. The Kier molecular flexibility index (Phi) is 10.3. The lowest BCUT2D eigenvalue weighted by molar-refractivity contribution is 0.0780. The Morgan fingerprint density at radius 2 is 0.810 bits per heavy atom. The first-order chi connectivity index (χ1) is 10.2. The zero-order valence-corrected chi connectivity index (χ0v) is 13.6. The maximum absolute atomic E-state index is 4.00. The Morgan fingerprint density at radius 1 is 0.524 bits per heavy atom. The summed E-state index contributed by atoms with van der Waals surface area (Å²) in [6, 6.07) is 0. The molecule has 0 rings (SSSR count). The Balaban J connectivity index is 5.82. The van der Waals surface area contributed by atoms with E-state index in [9.17, 15) is 0 Å². The van der Waals surface area contributed by atoms with Crippen LogP contribution in [0, 0.1) is 17.3 Å². The summed E-state index contributed by atoms with van der Waals surface area (Å²) in [4.78, 5) is 0. The van der Waals surface area contributed by atoms with Crippen molar-refractivity contribution < 1.29 is 0 Å². The molecule has 0 spiro atoms. The van der Waals surface area contributed by atoms with Crippen LogP contribution in [0.5, 0.6) is 0 Å². The van der Waals surface area contributed by atoms with Gasteiger partial charge in [0.1, 0.15) is 0 Å². The molecule has 0 aromatic heterocycles. The summed E-state index contributed by atoms with van der Waals surface area (Å²) in [5, 5.41) is 0. The van der Waals surface area contributed by atoms with Crippen molar-refractivity contribution in [3.8, 4) is 0 Å². The molecule has 0 radical (unpaired) electrons. The summed E-state index contributed by atoms with van der Waals surface area (Å²) in [6.07, 6.45) is 18.1. The first-order valence-corrected chi connectivity index (χ1v) is 7.82.